The summed E-state index contributed by atoms with van der Waals surface area (Å²) < 4.78 is 12.4. The Hall–Kier alpha value is -2.96. The highest BCUT2D eigenvalue weighted by atomic mass is 32.2. The van der Waals surface area contributed by atoms with Crippen molar-refractivity contribution >= 4 is 37.2 Å². The van der Waals surface area contributed by atoms with Crippen molar-refractivity contribution in [2.24, 2.45) is 0 Å². The van der Waals surface area contributed by atoms with E-state index < -0.39 is 8.32 Å². The van der Waals surface area contributed by atoms with Crippen molar-refractivity contribution in [3.63, 3.8) is 0 Å². The van der Waals surface area contributed by atoms with Crippen LogP contribution in [0.2, 0.25) is 18.1 Å². The van der Waals surface area contributed by atoms with Gasteiger partial charge in [0.25, 0.3) is 0 Å². The van der Waals surface area contributed by atoms with E-state index in [1.54, 1.807) is 18.9 Å². The Balaban J connectivity index is 1.67. The molecule has 1 atom stereocenters. The zero-order valence-corrected chi connectivity index (χ0v) is 22.9. The third-order valence-corrected chi connectivity index (χ3v) is 12.9. The summed E-state index contributed by atoms with van der Waals surface area (Å²) >= 11 is 1.69. The molecule has 0 bridgehead atoms. The number of hydrogen-bond donors (Lipinski definition) is 1. The van der Waals surface area contributed by atoms with Crippen molar-refractivity contribution in [2.75, 3.05) is 12.4 Å². The number of benzene rings is 3. The Morgan fingerprint density at radius 3 is 2.29 bits per heavy atom. The second kappa shape index (κ2) is 8.61. The van der Waals surface area contributed by atoms with Crippen LogP contribution in [0.1, 0.15) is 47.5 Å². The van der Waals surface area contributed by atoms with Crippen LogP contribution in [0.4, 0.5) is 5.69 Å². The maximum atomic E-state index is 13.8. The third kappa shape index (κ3) is 4.19. The van der Waals surface area contributed by atoms with Gasteiger partial charge in [0.2, 0.25) is 8.32 Å². The summed E-state index contributed by atoms with van der Waals surface area (Å²) in [7, 11) is -0.393. The molecular formula is C29H31NO3SSi. The molecule has 1 aliphatic heterocycles. The molecule has 5 rings (SSSR count). The maximum Gasteiger partial charge on any atom is 0.250 e. The minimum atomic E-state index is -2.07. The molecule has 1 aliphatic carbocycles. The first-order valence-electron chi connectivity index (χ1n) is 11.9. The predicted molar refractivity (Wildman–Crippen MR) is 147 cm³/mol. The van der Waals surface area contributed by atoms with Gasteiger partial charge in [-0.15, -0.1) is 11.8 Å². The highest BCUT2D eigenvalue weighted by Crippen LogP contribution is 2.53. The number of Topliss-reactive ketones (excluding diaryl/α,β-unsaturated/α-hetero) is 1. The second-order valence-electron chi connectivity index (χ2n) is 10.6. The van der Waals surface area contributed by atoms with Gasteiger partial charge in [0, 0.05) is 27.7 Å². The maximum absolute atomic E-state index is 13.8. The first kappa shape index (κ1) is 23.8. The second-order valence-corrected chi connectivity index (χ2v) is 16.5. The number of para-hydroxylation sites is 1. The number of hydrogen-bond acceptors (Lipinski definition) is 5. The summed E-state index contributed by atoms with van der Waals surface area (Å²) in [5, 5.41) is 3.45. The van der Waals surface area contributed by atoms with Gasteiger partial charge >= 0.3 is 0 Å². The highest BCUT2D eigenvalue weighted by Gasteiger charge is 2.40. The average molecular weight is 502 g/mol. The molecule has 0 spiro atoms. The lowest BCUT2D eigenvalue weighted by molar-refractivity contribution is 0.103. The Bertz CT molecular complexity index is 1360. The van der Waals surface area contributed by atoms with Crippen molar-refractivity contribution in [3.8, 4) is 11.5 Å². The molecule has 35 heavy (non-hydrogen) atoms. The molecule has 0 fully saturated rings. The van der Waals surface area contributed by atoms with Crippen LogP contribution in [0.5, 0.6) is 11.5 Å². The van der Waals surface area contributed by atoms with Gasteiger partial charge in [-0.1, -0.05) is 57.2 Å². The summed E-state index contributed by atoms with van der Waals surface area (Å²) in [5.74, 6) is 1.60. The zero-order valence-electron chi connectivity index (χ0n) is 21.1. The largest absolute Gasteiger partial charge is 0.543 e. The van der Waals surface area contributed by atoms with Crippen molar-refractivity contribution in [1.82, 2.24) is 0 Å². The number of anilines is 1. The fourth-order valence-electron chi connectivity index (χ4n) is 4.29. The number of ether oxygens (including phenoxy) is 1. The van der Waals surface area contributed by atoms with Crippen LogP contribution >= 0.6 is 11.8 Å². The minimum absolute atomic E-state index is 0.0644. The molecule has 0 aromatic heterocycles. The lowest BCUT2D eigenvalue weighted by Gasteiger charge is -2.36. The van der Waals surface area contributed by atoms with E-state index in [0.29, 0.717) is 0 Å². The number of ketones is 1. The van der Waals surface area contributed by atoms with E-state index in [-0.39, 0.29) is 16.1 Å². The molecule has 0 amide bonds. The van der Waals surface area contributed by atoms with E-state index in [1.165, 1.54) is 0 Å². The number of fused-ring (bicyclic) bond motifs is 3. The quantitative estimate of drug-likeness (QED) is 0.368. The van der Waals surface area contributed by atoms with Crippen LogP contribution in [0.25, 0.3) is 5.70 Å². The molecule has 1 heterocycles. The zero-order chi connectivity index (χ0) is 25.0. The summed E-state index contributed by atoms with van der Waals surface area (Å²) in [6.07, 6.45) is 0. The molecule has 3 aromatic carbocycles. The Morgan fingerprint density at radius 1 is 0.914 bits per heavy atom. The van der Waals surface area contributed by atoms with Gasteiger partial charge in [-0.25, -0.2) is 0 Å². The van der Waals surface area contributed by atoms with Crippen molar-refractivity contribution in [3.05, 3.63) is 89.0 Å². The van der Waals surface area contributed by atoms with Crippen LogP contribution in [0.15, 0.2) is 77.2 Å². The molecule has 4 nitrogen and oxygen atoms in total. The standard InChI is InChI=1S/C29H31NO3SSi/c1-29(2,3)35(5,6)33-20-16-18(15-19(17-20)32-4)28-25-26(21-11-7-8-12-22(21)27(25)31)30-23-13-9-10-14-24(23)34-28/h7-17,28,30H,1-6H3. The van der Waals surface area contributed by atoms with Crippen molar-refractivity contribution < 1.29 is 14.0 Å². The molecular weight excluding hydrogens is 470 g/mol. The van der Waals surface area contributed by atoms with E-state index in [4.69, 9.17) is 9.16 Å². The molecule has 6 heteroatoms. The van der Waals surface area contributed by atoms with Gasteiger partial charge in [-0.05, 0) is 48.0 Å². The summed E-state index contributed by atoms with van der Waals surface area (Å²) in [6, 6.07) is 22.2. The van der Waals surface area contributed by atoms with Crippen molar-refractivity contribution in [1.29, 1.82) is 0 Å². The highest BCUT2D eigenvalue weighted by molar-refractivity contribution is 8.00. The van der Waals surface area contributed by atoms with E-state index in [1.807, 2.05) is 48.5 Å². The summed E-state index contributed by atoms with van der Waals surface area (Å²) in [5.41, 5.74) is 5.38. The van der Waals surface area contributed by atoms with Gasteiger partial charge < -0.3 is 14.5 Å². The Kier molecular flexibility index (Phi) is 5.84. The lowest BCUT2D eigenvalue weighted by Crippen LogP contribution is -2.43. The average Bonchev–Trinajstić information content (AvgIpc) is 2.98. The molecule has 0 saturated carbocycles. The van der Waals surface area contributed by atoms with Crippen molar-refractivity contribution in [2.45, 2.75) is 49.0 Å². The molecule has 1 N–H and O–H groups in total. The monoisotopic (exact) mass is 501 g/mol. The van der Waals surface area contributed by atoms with Crippen LogP contribution < -0.4 is 14.5 Å². The number of carbonyl (C=O) groups excluding carboxylic acids is 1. The van der Waals surface area contributed by atoms with Crippen LogP contribution in [0, 0.1) is 0 Å². The van der Waals surface area contributed by atoms with E-state index in [0.717, 1.165) is 50.0 Å². The van der Waals surface area contributed by atoms with Gasteiger partial charge in [0.15, 0.2) is 5.78 Å². The van der Waals surface area contributed by atoms with Crippen LogP contribution in [-0.2, 0) is 0 Å². The first-order chi connectivity index (χ1) is 16.6. The SMILES string of the molecule is COc1cc(O[Si](C)(C)C(C)(C)C)cc(C2Sc3ccccc3NC3=C2C(=O)c2ccccc23)c1. The van der Waals surface area contributed by atoms with E-state index >= 15 is 0 Å². The Labute approximate surface area is 212 Å². The Morgan fingerprint density at radius 2 is 1.57 bits per heavy atom. The summed E-state index contributed by atoms with van der Waals surface area (Å²) in [4.78, 5) is 14.9. The normalized spacial score (nSPS) is 17.2. The number of nitrogens with one attached hydrogen (secondary N) is 1. The third-order valence-electron chi connectivity index (χ3n) is 7.23. The molecule has 1 unspecified atom stereocenters. The van der Waals surface area contributed by atoms with Crippen LogP contribution in [-0.4, -0.2) is 21.2 Å². The molecule has 3 aromatic rings. The number of rotatable bonds is 4. The topological polar surface area (TPSA) is 47.6 Å². The number of thioether (sulfide) groups is 1. The number of carbonyl (C=O) groups is 1. The van der Waals surface area contributed by atoms with Crippen LogP contribution in [0.3, 0.4) is 0 Å². The minimum Gasteiger partial charge on any atom is -0.543 e. The molecule has 0 radical (unpaired) electrons. The molecule has 180 valence electrons. The van der Waals surface area contributed by atoms with E-state index in [2.05, 4.69) is 57.4 Å². The fraction of sp³-hybridized carbons (Fsp3) is 0.276. The number of methoxy groups -OCH3 is 1. The van der Waals surface area contributed by atoms with Gasteiger partial charge in [0.05, 0.1) is 23.7 Å². The first-order valence-corrected chi connectivity index (χ1v) is 15.7. The predicted octanol–water partition coefficient (Wildman–Crippen LogP) is 7.95. The summed E-state index contributed by atoms with van der Waals surface area (Å²) in [6.45, 7) is 11.2. The molecule has 2 aliphatic rings. The fourth-order valence-corrected chi connectivity index (χ4v) is 6.57. The lowest BCUT2D eigenvalue weighted by atomic mass is 10.00. The van der Waals surface area contributed by atoms with E-state index in [9.17, 15) is 4.79 Å². The van der Waals surface area contributed by atoms with Gasteiger partial charge in [-0.3, -0.25) is 4.79 Å². The van der Waals surface area contributed by atoms with Gasteiger partial charge in [-0.2, -0.15) is 0 Å². The van der Waals surface area contributed by atoms with Gasteiger partial charge in [0.1, 0.15) is 11.5 Å². The smallest absolute Gasteiger partial charge is 0.250 e. The molecule has 0 saturated heterocycles.